The highest BCUT2D eigenvalue weighted by Crippen LogP contribution is 2.63. The number of hydrogen-bond donors (Lipinski definition) is 0. The Labute approximate surface area is 141 Å². The molecule has 0 spiro atoms. The van der Waals surface area contributed by atoms with Crippen LogP contribution in [0.5, 0.6) is 0 Å². The van der Waals surface area contributed by atoms with E-state index in [0.29, 0.717) is 17.5 Å². The van der Waals surface area contributed by atoms with E-state index in [2.05, 4.69) is 53.7 Å². The first-order chi connectivity index (χ1) is 10.6. The highest BCUT2D eigenvalue weighted by atomic mass is 16.1. The third kappa shape index (κ3) is 2.06. The number of carbonyl (C=O) groups excluding carboxylic acids is 2. The third-order valence-corrected chi connectivity index (χ3v) is 7.93. The fourth-order valence-corrected chi connectivity index (χ4v) is 5.81. The van der Waals surface area contributed by atoms with E-state index < -0.39 is 0 Å². The number of hydrogen-bond acceptors (Lipinski definition) is 2. The van der Waals surface area contributed by atoms with E-state index in [1.807, 2.05) is 0 Å². The molecule has 23 heavy (non-hydrogen) atoms. The quantitative estimate of drug-likeness (QED) is 0.650. The number of ketones is 2. The largest absolute Gasteiger partial charge is 0.299 e. The molecule has 2 fully saturated rings. The molecule has 0 aromatic carbocycles. The molecule has 0 amide bonds. The van der Waals surface area contributed by atoms with Crippen molar-refractivity contribution in [3.8, 4) is 0 Å². The van der Waals surface area contributed by atoms with E-state index in [1.54, 1.807) is 0 Å². The Kier molecular flexibility index (Phi) is 3.71. The Balaban J connectivity index is 2.07. The lowest BCUT2D eigenvalue weighted by molar-refractivity contribution is -0.161. The minimum absolute atomic E-state index is 0.0406. The van der Waals surface area contributed by atoms with Crippen molar-refractivity contribution in [3.63, 3.8) is 0 Å². The van der Waals surface area contributed by atoms with Gasteiger partial charge in [-0.3, -0.25) is 9.59 Å². The lowest BCUT2D eigenvalue weighted by Gasteiger charge is -2.60. The highest BCUT2D eigenvalue weighted by Gasteiger charge is 2.62. The molecule has 6 atom stereocenters. The summed E-state index contributed by atoms with van der Waals surface area (Å²) >= 11 is 0. The fourth-order valence-electron chi connectivity index (χ4n) is 5.81. The zero-order valence-corrected chi connectivity index (χ0v) is 15.6. The van der Waals surface area contributed by atoms with E-state index in [4.69, 9.17) is 0 Å². The van der Waals surface area contributed by atoms with Gasteiger partial charge >= 0.3 is 0 Å². The molecule has 3 aliphatic rings. The molecule has 2 nitrogen and oxygen atoms in total. The van der Waals surface area contributed by atoms with Crippen LogP contribution in [0.15, 0.2) is 12.2 Å². The predicted octanol–water partition coefficient (Wildman–Crippen LogP) is 4.83. The SMILES string of the molecule is CC1CCC2(C)C(CCC3(C)C(=O)C(C)(C(C)C)C=CC32)C1=O. The molecule has 3 aliphatic carbocycles. The fraction of sp³-hybridized carbons (Fsp3) is 0.810. The second kappa shape index (κ2) is 5.04. The average Bonchev–Trinajstić information content (AvgIpc) is 2.48. The van der Waals surface area contributed by atoms with Gasteiger partial charge in [0, 0.05) is 22.7 Å². The van der Waals surface area contributed by atoms with Gasteiger partial charge < -0.3 is 0 Å². The van der Waals surface area contributed by atoms with Crippen molar-refractivity contribution in [2.45, 2.75) is 67.2 Å². The van der Waals surface area contributed by atoms with Crippen LogP contribution in [0.25, 0.3) is 0 Å². The van der Waals surface area contributed by atoms with Crippen molar-refractivity contribution in [2.24, 2.45) is 39.9 Å². The maximum Gasteiger partial charge on any atom is 0.149 e. The van der Waals surface area contributed by atoms with Crippen LogP contribution in [0.3, 0.4) is 0 Å². The van der Waals surface area contributed by atoms with Gasteiger partial charge in [0.05, 0.1) is 0 Å². The summed E-state index contributed by atoms with van der Waals surface area (Å²) in [5.41, 5.74) is -0.707. The number of allylic oxidation sites excluding steroid dienone is 2. The molecule has 6 unspecified atom stereocenters. The van der Waals surface area contributed by atoms with Gasteiger partial charge in [0.2, 0.25) is 0 Å². The standard InChI is InChI=1S/C21H32O2/c1-13(2)19(4)12-9-16-20(5)10-7-14(3)17(22)15(20)8-11-21(16,6)18(19)23/h9,12-16H,7-8,10-11H2,1-6H3. The van der Waals surface area contributed by atoms with Crippen LogP contribution in [0.1, 0.15) is 67.2 Å². The molecule has 3 rings (SSSR count). The Hall–Kier alpha value is -0.920. The van der Waals surface area contributed by atoms with Crippen molar-refractivity contribution < 1.29 is 9.59 Å². The monoisotopic (exact) mass is 316 g/mol. The van der Waals surface area contributed by atoms with Gasteiger partial charge in [-0.25, -0.2) is 0 Å². The van der Waals surface area contributed by atoms with Crippen LogP contribution in [-0.4, -0.2) is 11.6 Å². The zero-order chi connectivity index (χ0) is 17.2. The highest BCUT2D eigenvalue weighted by molar-refractivity contribution is 5.94. The second-order valence-corrected chi connectivity index (χ2v) is 9.46. The predicted molar refractivity (Wildman–Crippen MR) is 92.9 cm³/mol. The molecule has 0 N–H and O–H groups in total. The summed E-state index contributed by atoms with van der Waals surface area (Å²) < 4.78 is 0. The maximum absolute atomic E-state index is 13.5. The van der Waals surface area contributed by atoms with Gasteiger partial charge in [-0.15, -0.1) is 0 Å². The molecule has 2 heteroatoms. The summed E-state index contributed by atoms with van der Waals surface area (Å²) in [6.07, 6.45) is 8.28. The number of Topliss-reactive ketones (excluding diaryl/α,β-unsaturated/α-hetero) is 2. The first kappa shape index (κ1) is 16.9. The zero-order valence-electron chi connectivity index (χ0n) is 15.6. The minimum atomic E-state index is -0.361. The topological polar surface area (TPSA) is 34.1 Å². The summed E-state index contributed by atoms with van der Waals surface area (Å²) in [6.45, 7) is 12.9. The molecule has 2 saturated carbocycles. The van der Waals surface area contributed by atoms with Crippen LogP contribution < -0.4 is 0 Å². The molecule has 0 saturated heterocycles. The van der Waals surface area contributed by atoms with Crippen molar-refractivity contribution in [3.05, 3.63) is 12.2 Å². The Morgan fingerprint density at radius 2 is 1.74 bits per heavy atom. The molecule has 0 radical (unpaired) electrons. The first-order valence-electron chi connectivity index (χ1n) is 9.35. The van der Waals surface area contributed by atoms with Crippen molar-refractivity contribution in [1.82, 2.24) is 0 Å². The van der Waals surface area contributed by atoms with Gasteiger partial charge in [-0.1, -0.05) is 46.8 Å². The number of carbonyl (C=O) groups is 2. The van der Waals surface area contributed by atoms with Gasteiger partial charge in [0.1, 0.15) is 11.6 Å². The minimum Gasteiger partial charge on any atom is -0.299 e. The number of rotatable bonds is 1. The molecule has 128 valence electrons. The van der Waals surface area contributed by atoms with Crippen molar-refractivity contribution in [1.29, 1.82) is 0 Å². The van der Waals surface area contributed by atoms with Crippen LogP contribution in [-0.2, 0) is 9.59 Å². The second-order valence-electron chi connectivity index (χ2n) is 9.46. The van der Waals surface area contributed by atoms with Gasteiger partial charge in [-0.2, -0.15) is 0 Å². The Morgan fingerprint density at radius 3 is 2.35 bits per heavy atom. The van der Waals surface area contributed by atoms with Crippen molar-refractivity contribution >= 4 is 11.6 Å². The van der Waals surface area contributed by atoms with Crippen LogP contribution in [0.4, 0.5) is 0 Å². The first-order valence-corrected chi connectivity index (χ1v) is 9.35. The van der Waals surface area contributed by atoms with Crippen molar-refractivity contribution in [2.75, 3.05) is 0 Å². The Morgan fingerprint density at radius 1 is 1.09 bits per heavy atom. The number of fused-ring (bicyclic) bond motifs is 3. The summed E-state index contributed by atoms with van der Waals surface area (Å²) in [4.78, 5) is 26.2. The van der Waals surface area contributed by atoms with E-state index in [-0.39, 0.29) is 34.0 Å². The molecule has 0 heterocycles. The molecule has 0 aromatic heterocycles. The van der Waals surface area contributed by atoms with E-state index in [9.17, 15) is 9.59 Å². The van der Waals surface area contributed by atoms with E-state index in [1.165, 1.54) is 0 Å². The van der Waals surface area contributed by atoms with Gasteiger partial charge in [0.15, 0.2) is 0 Å². The summed E-state index contributed by atoms with van der Waals surface area (Å²) in [7, 11) is 0. The van der Waals surface area contributed by atoms with Gasteiger partial charge in [0.25, 0.3) is 0 Å². The summed E-state index contributed by atoms with van der Waals surface area (Å²) in [5.74, 6) is 1.70. The lowest BCUT2D eigenvalue weighted by atomic mass is 9.42. The van der Waals surface area contributed by atoms with Crippen LogP contribution in [0, 0.1) is 39.9 Å². The lowest BCUT2D eigenvalue weighted by Crippen LogP contribution is -2.60. The smallest absolute Gasteiger partial charge is 0.149 e. The third-order valence-electron chi connectivity index (χ3n) is 7.93. The van der Waals surface area contributed by atoms with E-state index in [0.717, 1.165) is 25.7 Å². The maximum atomic E-state index is 13.5. The van der Waals surface area contributed by atoms with Crippen LogP contribution in [0.2, 0.25) is 0 Å². The Bertz CT molecular complexity index is 574. The molecular formula is C21H32O2. The molecule has 0 aromatic rings. The summed E-state index contributed by atoms with van der Waals surface area (Å²) in [6, 6.07) is 0. The summed E-state index contributed by atoms with van der Waals surface area (Å²) in [5, 5.41) is 0. The molecule has 0 bridgehead atoms. The van der Waals surface area contributed by atoms with E-state index >= 15 is 0 Å². The normalized spacial score (nSPS) is 50.0. The molecule has 0 aliphatic heterocycles. The average molecular weight is 316 g/mol. The molecular weight excluding hydrogens is 284 g/mol. The van der Waals surface area contributed by atoms with Gasteiger partial charge in [-0.05, 0) is 49.9 Å². The van der Waals surface area contributed by atoms with Crippen LogP contribution >= 0.6 is 0 Å².